The van der Waals surface area contributed by atoms with Gasteiger partial charge in [-0.05, 0) is 159 Å². The van der Waals surface area contributed by atoms with Gasteiger partial charge in [0.1, 0.15) is 0 Å². The summed E-state index contributed by atoms with van der Waals surface area (Å²) in [4.78, 5) is 44.2. The van der Waals surface area contributed by atoms with Gasteiger partial charge in [-0.1, -0.05) is 346 Å². The van der Waals surface area contributed by atoms with Gasteiger partial charge in [0.05, 0.1) is 75.7 Å². The molecule has 0 fully saturated rings. The molecule has 19 aromatic carbocycles. The van der Waals surface area contributed by atoms with Crippen molar-refractivity contribution in [1.82, 2.24) is 58.6 Å². The van der Waals surface area contributed by atoms with Crippen LogP contribution < -0.4 is 0 Å². The summed E-state index contributed by atoms with van der Waals surface area (Å²) in [6.45, 7) is 0. The fourth-order valence-corrected chi connectivity index (χ4v) is 25.2. The molecule has 11 aromatic heterocycles. The van der Waals surface area contributed by atoms with E-state index in [4.69, 9.17) is 34.9 Å². The summed E-state index contributed by atoms with van der Waals surface area (Å²) >= 11 is 5.64. The molecule has 672 valence electrons. The van der Waals surface area contributed by atoms with E-state index in [0.29, 0.717) is 34.9 Å². The fourth-order valence-electron chi connectivity index (χ4n) is 21.4. The Hall–Kier alpha value is -18.5. The van der Waals surface area contributed by atoms with Crippen LogP contribution in [0, 0.1) is 0 Å². The highest BCUT2D eigenvalue weighted by molar-refractivity contribution is 7.28. The second-order valence-electron chi connectivity index (χ2n) is 36.1. The van der Waals surface area contributed by atoms with Gasteiger partial charge in [-0.25, -0.2) is 34.9 Å². The molecule has 0 aliphatic heterocycles. The second kappa shape index (κ2) is 34.8. The Bertz CT molecular complexity index is 10200. The van der Waals surface area contributed by atoms with E-state index in [-0.39, 0.29) is 0 Å². The highest BCUT2D eigenvalue weighted by atomic mass is 32.1. The lowest BCUT2D eigenvalue weighted by atomic mass is 9.97. The van der Waals surface area contributed by atoms with Crippen LogP contribution in [-0.4, -0.2) is 58.6 Å². The highest BCUT2D eigenvalue weighted by Crippen LogP contribution is 2.54. The Balaban J connectivity index is 0.000000106. The number of hydrogen-bond donors (Lipinski definition) is 0. The van der Waals surface area contributed by atoms with Gasteiger partial charge in [-0.15, -0.1) is 34.0 Å². The summed E-state index contributed by atoms with van der Waals surface area (Å²) in [5.41, 5.74) is 21.8. The Labute approximate surface area is 837 Å². The number of benzene rings is 19. The quantitative estimate of drug-likeness (QED) is 0.117. The van der Waals surface area contributed by atoms with Crippen molar-refractivity contribution in [2.75, 3.05) is 0 Å². The topological polar surface area (TPSA) is 131 Å². The molecule has 12 nitrogen and oxygen atoms in total. The first-order chi connectivity index (χ1) is 71.4. The second-order valence-corrected chi connectivity index (χ2v) is 39.2. The minimum atomic E-state index is 0.648. The van der Waals surface area contributed by atoms with E-state index in [1.807, 2.05) is 204 Å². The first-order valence-electron chi connectivity index (χ1n) is 48.1. The minimum Gasteiger partial charge on any atom is -0.308 e. The fraction of sp³-hybridized carbons (Fsp3) is 0. The van der Waals surface area contributed by atoms with Gasteiger partial charge < -0.3 is 13.7 Å². The maximum absolute atomic E-state index is 5.07. The van der Waals surface area contributed by atoms with Crippen LogP contribution in [0.4, 0.5) is 0 Å². The number of aromatic nitrogens is 12. The predicted molar refractivity (Wildman–Crippen MR) is 603 cm³/mol. The number of thiophene rings is 3. The van der Waals surface area contributed by atoms with Crippen molar-refractivity contribution in [3.05, 3.63) is 473 Å². The maximum atomic E-state index is 5.07. The van der Waals surface area contributed by atoms with Gasteiger partial charge in [-0.3, -0.25) is 9.97 Å². The molecule has 0 bridgehead atoms. The summed E-state index contributed by atoms with van der Waals surface area (Å²) < 4.78 is 15.1. The van der Waals surface area contributed by atoms with Crippen molar-refractivity contribution in [3.63, 3.8) is 0 Å². The van der Waals surface area contributed by atoms with Gasteiger partial charge in [0, 0.05) is 136 Å². The average Bonchev–Trinajstić information content (AvgIpc) is 1.54. The van der Waals surface area contributed by atoms with Crippen LogP contribution in [0.5, 0.6) is 0 Å². The van der Waals surface area contributed by atoms with E-state index in [1.165, 1.54) is 147 Å². The lowest BCUT2D eigenvalue weighted by Gasteiger charge is -2.13. The molecule has 0 atom stereocenters. The van der Waals surface area contributed by atoms with E-state index < -0.39 is 0 Å². The molecule has 0 N–H and O–H groups in total. The highest BCUT2D eigenvalue weighted by Gasteiger charge is 2.29. The largest absolute Gasteiger partial charge is 0.308 e. The third kappa shape index (κ3) is 14.1. The molecule has 0 radical (unpaired) electrons. The van der Waals surface area contributed by atoms with E-state index >= 15 is 0 Å². The Kier molecular flexibility index (Phi) is 20.2. The zero-order valence-corrected chi connectivity index (χ0v) is 79.6. The first kappa shape index (κ1) is 83.6. The molecule has 0 amide bonds. The number of rotatable bonds is 12. The van der Waals surface area contributed by atoms with Gasteiger partial charge in [0.2, 0.25) is 0 Å². The average molecular weight is 1890 g/mol. The van der Waals surface area contributed by atoms with Crippen molar-refractivity contribution in [2.24, 2.45) is 0 Å². The van der Waals surface area contributed by atoms with Crippen LogP contribution in [0.15, 0.2) is 473 Å². The maximum Gasteiger partial charge on any atom is 0.164 e. The molecular weight excluding hydrogens is 1810 g/mol. The molecule has 0 aliphatic carbocycles. The van der Waals surface area contributed by atoms with Crippen LogP contribution in [0.3, 0.4) is 0 Å². The van der Waals surface area contributed by atoms with Gasteiger partial charge in [0.15, 0.2) is 34.9 Å². The Morgan fingerprint density at radius 3 is 0.792 bits per heavy atom. The smallest absolute Gasteiger partial charge is 0.164 e. The predicted octanol–water partition coefficient (Wildman–Crippen LogP) is 34.5. The van der Waals surface area contributed by atoms with Crippen LogP contribution >= 0.6 is 34.0 Å². The lowest BCUT2D eigenvalue weighted by molar-refractivity contribution is 1.07. The monoisotopic (exact) mass is 1890 g/mol. The van der Waals surface area contributed by atoms with Gasteiger partial charge in [0.25, 0.3) is 0 Å². The summed E-state index contributed by atoms with van der Waals surface area (Å²) in [7, 11) is 0. The van der Waals surface area contributed by atoms with Crippen LogP contribution in [0.2, 0.25) is 0 Å². The number of hydrogen-bond acceptors (Lipinski definition) is 12. The number of fused-ring (bicyclic) bond motifs is 30. The zero-order chi connectivity index (χ0) is 94.8. The molecule has 0 saturated carbocycles. The SMILES string of the molecule is c1ccc(-c2cc(-n3c4ccccc4c4c5ccccc5c5c6ccccc6sc5c43)cc(-c3ccccn3)n2)nc1.c1ccc(-c2nc(-c3ccccc3)nc(-c3ccc(-c4ccc5c(c4)c4c6ccccc6c6c7ccccc7sc6c4n5-c4ccccc4)cc3)n2)cc1.c1ccc(-c2nc(-c3ccccc3)nc(-c3ccc4c(c3)c3c5ccccc5c5c6ccccc6sc5c3n4-c3ccccc3)n2)cc1. The first-order valence-corrected chi connectivity index (χ1v) is 50.6. The molecule has 30 aromatic rings. The standard InChI is InChI=1S/C49H30N4S.C43H26N4S.C37H22N4S/c1-4-14-32(15-5-1)47-50-48(33-16-6-2-7-17-33)52-49(51-47)34-26-24-31(25-27-34)35-28-29-41-40(30-35)43-37-20-10-11-21-38(37)44-39-22-12-13-23-42(39)54-46(44)45(43)53(41)36-18-8-3-9-19-36;1-4-14-27(15-5-1)41-44-42(28-16-6-2-7-17-28)46-43(45-41)29-24-25-35-34(26-29)37-31-20-10-11-21-32(31)38-33-22-12-13-23-36(33)48-40(38)39(37)47(35)30-18-8-3-9-19-30;1-2-12-25-24(11-1)34-26-13-3-5-17-32(26)41(36(34)37-35(25)27-14-4-6-18-33(27)42-37)23-21-30(28-15-7-9-19-38-28)40-31(22-23)29-16-8-10-20-39-29/h1-30H;1-26H;1-22H. The Morgan fingerprint density at radius 2 is 0.424 bits per heavy atom. The van der Waals surface area contributed by atoms with Gasteiger partial charge in [-0.2, -0.15) is 0 Å². The number of pyridine rings is 3. The third-order valence-electron chi connectivity index (χ3n) is 27.7. The number of para-hydroxylation sites is 3. The molecule has 0 aliphatic rings. The lowest BCUT2D eigenvalue weighted by Crippen LogP contribution is -2.00. The molecule has 0 spiro atoms. The summed E-state index contributed by atoms with van der Waals surface area (Å²) in [5.74, 6) is 3.92. The van der Waals surface area contributed by atoms with Crippen molar-refractivity contribution in [2.45, 2.75) is 0 Å². The normalized spacial score (nSPS) is 11.8. The molecule has 15 heteroatoms. The summed E-state index contributed by atoms with van der Waals surface area (Å²) in [5, 5.41) is 22.9. The number of nitrogens with zero attached hydrogens (tertiary/aromatic N) is 12. The van der Waals surface area contributed by atoms with Crippen molar-refractivity contribution >= 4 is 192 Å². The Morgan fingerprint density at radius 1 is 0.160 bits per heavy atom. The third-order valence-corrected chi connectivity index (χ3v) is 31.3. The van der Waals surface area contributed by atoms with Crippen molar-refractivity contribution in [3.8, 4) is 119 Å². The summed E-state index contributed by atoms with van der Waals surface area (Å²) in [6.07, 6.45) is 3.63. The molecule has 30 rings (SSSR count). The van der Waals surface area contributed by atoms with E-state index in [2.05, 4.69) is 327 Å². The molecular formula is C129H78N12S3. The van der Waals surface area contributed by atoms with E-state index in [9.17, 15) is 0 Å². The van der Waals surface area contributed by atoms with Crippen LogP contribution in [-0.2, 0) is 0 Å². The summed E-state index contributed by atoms with van der Waals surface area (Å²) in [6, 6.07) is 162. The molecule has 0 saturated heterocycles. The van der Waals surface area contributed by atoms with Gasteiger partial charge >= 0.3 is 0 Å². The molecule has 11 heterocycles. The van der Waals surface area contributed by atoms with E-state index in [1.54, 1.807) is 0 Å². The minimum absolute atomic E-state index is 0.648. The van der Waals surface area contributed by atoms with Crippen LogP contribution in [0.25, 0.3) is 278 Å². The van der Waals surface area contributed by atoms with Crippen molar-refractivity contribution in [1.29, 1.82) is 0 Å². The van der Waals surface area contributed by atoms with E-state index in [0.717, 1.165) is 95.4 Å². The van der Waals surface area contributed by atoms with Crippen molar-refractivity contribution < 1.29 is 0 Å². The molecule has 0 unspecified atom stereocenters. The zero-order valence-electron chi connectivity index (χ0n) is 77.1. The van der Waals surface area contributed by atoms with Crippen LogP contribution in [0.1, 0.15) is 0 Å². The molecule has 144 heavy (non-hydrogen) atoms.